The van der Waals surface area contributed by atoms with Gasteiger partial charge in [-0.25, -0.2) is 4.79 Å². The molecular weight excluding hydrogens is 549 g/mol. The Morgan fingerprint density at radius 1 is 1.00 bits per heavy atom. The van der Waals surface area contributed by atoms with Crippen LogP contribution in [0.3, 0.4) is 0 Å². The van der Waals surface area contributed by atoms with E-state index in [2.05, 4.69) is 96.3 Å². The lowest BCUT2D eigenvalue weighted by Crippen LogP contribution is -2.68. The van der Waals surface area contributed by atoms with Crippen LogP contribution in [0.1, 0.15) is 94.4 Å². The van der Waals surface area contributed by atoms with Crippen molar-refractivity contribution in [3.63, 3.8) is 0 Å². The zero-order chi connectivity index (χ0) is 32.2. The lowest BCUT2D eigenvalue weighted by molar-refractivity contribution is -0.164. The Morgan fingerprint density at radius 2 is 1.51 bits per heavy atom. The average Bonchev–Trinajstić information content (AvgIpc) is 2.93. The van der Waals surface area contributed by atoms with Crippen molar-refractivity contribution in [2.75, 3.05) is 0 Å². The number of aliphatic hydroxyl groups is 1. The molecule has 0 heterocycles. The first-order valence-electron chi connectivity index (χ1n) is 16.0. The molecule has 236 valence electrons. The molecule has 0 aromatic heterocycles. The molecule has 1 aliphatic rings. The van der Waals surface area contributed by atoms with Gasteiger partial charge in [0.2, 0.25) is 0 Å². The van der Waals surface area contributed by atoms with E-state index in [1.807, 2.05) is 39.8 Å². The molecule has 1 saturated carbocycles. The number of ether oxygens (including phenoxy) is 1. The first-order chi connectivity index (χ1) is 19.9. The third-order valence-electron chi connectivity index (χ3n) is 9.67. The molecule has 2 aromatic rings. The molecule has 0 aliphatic heterocycles. The van der Waals surface area contributed by atoms with Crippen molar-refractivity contribution in [1.29, 1.82) is 0 Å². The second kappa shape index (κ2) is 13.7. The van der Waals surface area contributed by atoms with Crippen molar-refractivity contribution in [3.8, 4) is 0 Å². The van der Waals surface area contributed by atoms with E-state index >= 15 is 0 Å². The van der Waals surface area contributed by atoms with Crippen LogP contribution >= 0.6 is 0 Å². The molecule has 3 rings (SSSR count). The standard InChI is InChI=1S/C38H56O4Si/c1-27(2)33(39)26-30-23-22-28(3)38(11,29(30)4)25-24-34(35(40)41-36(5,6)7)42-43(37(8,9)10,31-18-14-12-15-19-31)32-20-16-13-17-21-32/h12-21,28,30,33-34,39H,1,4,22-26H2,2-3,5-11H3/t28-,30+,33-,34-,38+/m0/s1. The van der Waals surface area contributed by atoms with Crippen LogP contribution in [0, 0.1) is 17.3 Å². The normalized spacial score (nSPS) is 23.0. The van der Waals surface area contributed by atoms with E-state index in [4.69, 9.17) is 9.16 Å². The molecule has 1 N–H and O–H groups in total. The second-order valence-electron chi connectivity index (χ2n) is 15.1. The molecule has 0 amide bonds. The first kappa shape index (κ1) is 35.0. The Hall–Kier alpha value is -2.47. The van der Waals surface area contributed by atoms with Gasteiger partial charge in [-0.15, -0.1) is 0 Å². The van der Waals surface area contributed by atoms with E-state index in [0.717, 1.165) is 35.2 Å². The molecule has 5 atom stereocenters. The van der Waals surface area contributed by atoms with Gasteiger partial charge >= 0.3 is 5.97 Å². The van der Waals surface area contributed by atoms with Crippen LogP contribution < -0.4 is 10.4 Å². The molecule has 0 bridgehead atoms. The minimum Gasteiger partial charge on any atom is -0.458 e. The fourth-order valence-electron chi connectivity index (χ4n) is 6.79. The van der Waals surface area contributed by atoms with Crippen molar-refractivity contribution in [2.45, 2.75) is 117 Å². The van der Waals surface area contributed by atoms with Gasteiger partial charge in [-0.2, -0.15) is 0 Å². The molecule has 0 saturated heterocycles. The molecule has 0 spiro atoms. The number of allylic oxidation sites excluding steroid dienone is 1. The molecule has 0 unspecified atom stereocenters. The third-order valence-corrected chi connectivity index (χ3v) is 14.7. The lowest BCUT2D eigenvalue weighted by atomic mass is 9.59. The number of hydrogen-bond acceptors (Lipinski definition) is 4. The number of carbonyl (C=O) groups excluding carboxylic acids is 1. The Bertz CT molecular complexity index is 1200. The largest absolute Gasteiger partial charge is 0.458 e. The van der Waals surface area contributed by atoms with Crippen molar-refractivity contribution in [1.82, 2.24) is 0 Å². The van der Waals surface area contributed by atoms with Gasteiger partial charge in [0, 0.05) is 0 Å². The quantitative estimate of drug-likeness (QED) is 0.160. The van der Waals surface area contributed by atoms with Gasteiger partial charge in [0.05, 0.1) is 6.10 Å². The molecule has 2 aromatic carbocycles. The molecule has 4 nitrogen and oxygen atoms in total. The highest BCUT2D eigenvalue weighted by Gasteiger charge is 2.53. The smallest absolute Gasteiger partial charge is 0.334 e. The number of esters is 1. The summed E-state index contributed by atoms with van der Waals surface area (Å²) in [7, 11) is -3.01. The van der Waals surface area contributed by atoms with Crippen LogP contribution in [0.4, 0.5) is 0 Å². The minimum absolute atomic E-state index is 0.202. The van der Waals surface area contributed by atoms with Crippen LogP contribution in [0.25, 0.3) is 0 Å². The lowest BCUT2D eigenvalue weighted by Gasteiger charge is -2.48. The van der Waals surface area contributed by atoms with Crippen LogP contribution in [-0.2, 0) is 14.0 Å². The van der Waals surface area contributed by atoms with E-state index in [-0.39, 0.29) is 22.3 Å². The topological polar surface area (TPSA) is 55.8 Å². The van der Waals surface area contributed by atoms with E-state index in [1.54, 1.807) is 0 Å². The second-order valence-corrected chi connectivity index (χ2v) is 19.3. The summed E-state index contributed by atoms with van der Waals surface area (Å²) in [6, 6.07) is 20.9. The van der Waals surface area contributed by atoms with Gasteiger partial charge in [0.15, 0.2) is 0 Å². The fourth-order valence-corrected chi connectivity index (χ4v) is 11.4. The van der Waals surface area contributed by atoms with E-state index in [0.29, 0.717) is 18.8 Å². The summed E-state index contributed by atoms with van der Waals surface area (Å²) in [5.41, 5.74) is 1.11. The van der Waals surface area contributed by atoms with Gasteiger partial charge in [-0.3, -0.25) is 0 Å². The Balaban J connectivity index is 2.06. The van der Waals surface area contributed by atoms with Gasteiger partial charge < -0.3 is 14.3 Å². The van der Waals surface area contributed by atoms with E-state index in [1.165, 1.54) is 5.57 Å². The monoisotopic (exact) mass is 604 g/mol. The average molecular weight is 605 g/mol. The van der Waals surface area contributed by atoms with Crippen molar-refractivity contribution >= 4 is 24.7 Å². The van der Waals surface area contributed by atoms with Crippen molar-refractivity contribution < 1.29 is 19.1 Å². The summed E-state index contributed by atoms with van der Waals surface area (Å²) < 4.78 is 13.4. The highest BCUT2D eigenvalue weighted by Crippen LogP contribution is 2.51. The number of hydrogen-bond donors (Lipinski definition) is 1. The predicted octanol–water partition coefficient (Wildman–Crippen LogP) is 7.99. The van der Waals surface area contributed by atoms with Crippen molar-refractivity contribution in [2.24, 2.45) is 17.3 Å². The molecule has 43 heavy (non-hydrogen) atoms. The van der Waals surface area contributed by atoms with Crippen LogP contribution in [0.2, 0.25) is 5.04 Å². The summed E-state index contributed by atoms with van der Waals surface area (Å²) in [6.07, 6.45) is 2.69. The minimum atomic E-state index is -3.01. The van der Waals surface area contributed by atoms with Crippen molar-refractivity contribution in [3.05, 3.63) is 85.0 Å². The molecular formula is C38H56O4Si. The van der Waals surface area contributed by atoms with Gasteiger partial charge in [0.1, 0.15) is 11.7 Å². The SMILES string of the molecule is C=C(C)[C@@H](O)C[C@H]1CC[C@H](C)[C@@](C)(CC[C@H](O[Si](c2ccccc2)(c2ccccc2)C(C)(C)C)C(=O)OC(C)(C)C)C1=C. The van der Waals surface area contributed by atoms with Gasteiger partial charge in [-0.05, 0) is 92.5 Å². The van der Waals surface area contributed by atoms with Gasteiger partial charge in [-0.1, -0.05) is 120 Å². The summed E-state index contributed by atoms with van der Waals surface area (Å²) >= 11 is 0. The maximum atomic E-state index is 14.1. The summed E-state index contributed by atoms with van der Waals surface area (Å²) in [6.45, 7) is 27.5. The Labute approximate surface area is 262 Å². The Morgan fingerprint density at radius 3 is 1.95 bits per heavy atom. The van der Waals surface area contributed by atoms with E-state index in [9.17, 15) is 9.90 Å². The fraction of sp³-hybridized carbons (Fsp3) is 0.553. The third kappa shape index (κ3) is 7.98. The summed E-state index contributed by atoms with van der Waals surface area (Å²) in [5, 5.41) is 12.6. The number of aliphatic hydroxyl groups excluding tert-OH is 1. The number of rotatable bonds is 11. The summed E-state index contributed by atoms with van der Waals surface area (Å²) in [4.78, 5) is 14.1. The zero-order valence-electron chi connectivity index (χ0n) is 28.2. The maximum Gasteiger partial charge on any atom is 0.334 e. The first-order valence-corrected chi connectivity index (χ1v) is 17.9. The number of carbonyl (C=O) groups is 1. The molecule has 1 aliphatic carbocycles. The number of benzene rings is 2. The molecule has 1 fully saturated rings. The maximum absolute atomic E-state index is 14.1. The highest BCUT2D eigenvalue weighted by molar-refractivity contribution is 6.99. The summed E-state index contributed by atoms with van der Waals surface area (Å²) in [5.74, 6) is 0.295. The van der Waals surface area contributed by atoms with Crippen LogP contribution in [-0.4, -0.2) is 37.2 Å². The van der Waals surface area contributed by atoms with Crippen LogP contribution in [0.15, 0.2) is 85.0 Å². The van der Waals surface area contributed by atoms with Crippen LogP contribution in [0.5, 0.6) is 0 Å². The van der Waals surface area contributed by atoms with Gasteiger partial charge in [0.25, 0.3) is 8.32 Å². The highest BCUT2D eigenvalue weighted by atomic mass is 28.4. The molecule has 0 radical (unpaired) electrons. The Kier molecular flexibility index (Phi) is 11.1. The molecule has 5 heteroatoms. The zero-order valence-corrected chi connectivity index (χ0v) is 29.2. The van der Waals surface area contributed by atoms with E-state index < -0.39 is 26.1 Å². The predicted molar refractivity (Wildman–Crippen MR) is 182 cm³/mol.